The summed E-state index contributed by atoms with van der Waals surface area (Å²) >= 11 is 0. The van der Waals surface area contributed by atoms with E-state index in [-0.39, 0.29) is 5.97 Å². The molecule has 0 saturated carbocycles. The van der Waals surface area contributed by atoms with E-state index < -0.39 is 0 Å². The molecule has 14 heavy (non-hydrogen) atoms. The molecule has 1 aromatic rings. The zero-order valence-corrected chi connectivity index (χ0v) is 8.54. The maximum atomic E-state index is 11.2. The van der Waals surface area contributed by atoms with E-state index in [0.717, 1.165) is 5.56 Å². The highest BCUT2D eigenvalue weighted by Crippen LogP contribution is 2.05. The van der Waals surface area contributed by atoms with Crippen LogP contribution in [0, 0.1) is 6.92 Å². The van der Waals surface area contributed by atoms with Gasteiger partial charge in [-0.25, -0.2) is 0 Å². The van der Waals surface area contributed by atoms with Crippen LogP contribution in [0.15, 0.2) is 36.6 Å². The molecule has 0 atom stereocenters. The molecule has 2 nitrogen and oxygen atoms in total. The van der Waals surface area contributed by atoms with Crippen molar-refractivity contribution in [1.29, 1.82) is 0 Å². The standard InChI is InChI=1S/C12H14O2/c1-9(2)14-12(13)8-11-6-4-10(3)5-7-11/h4-7H,1,8H2,2-3H3. The maximum absolute atomic E-state index is 11.2. The van der Waals surface area contributed by atoms with Crippen molar-refractivity contribution in [3.63, 3.8) is 0 Å². The molecule has 0 aliphatic heterocycles. The predicted octanol–water partition coefficient (Wildman–Crippen LogP) is 2.61. The fraction of sp³-hybridized carbons (Fsp3) is 0.250. The molecule has 0 aliphatic carbocycles. The number of aryl methyl sites for hydroxylation is 1. The molecular formula is C12H14O2. The van der Waals surface area contributed by atoms with Crippen molar-refractivity contribution < 1.29 is 9.53 Å². The summed E-state index contributed by atoms with van der Waals surface area (Å²) in [4.78, 5) is 11.2. The van der Waals surface area contributed by atoms with Crippen LogP contribution in [0.5, 0.6) is 0 Å². The minimum atomic E-state index is -0.263. The number of carbonyl (C=O) groups excluding carboxylic acids is 1. The number of ether oxygens (including phenoxy) is 1. The first-order valence-electron chi connectivity index (χ1n) is 4.49. The number of esters is 1. The molecule has 2 heteroatoms. The van der Waals surface area contributed by atoms with Crippen LogP contribution in [0.25, 0.3) is 0 Å². The van der Waals surface area contributed by atoms with Crippen molar-refractivity contribution in [3.8, 4) is 0 Å². The van der Waals surface area contributed by atoms with Gasteiger partial charge in [0.15, 0.2) is 0 Å². The molecule has 0 aromatic heterocycles. The quantitative estimate of drug-likeness (QED) is 0.541. The lowest BCUT2D eigenvalue weighted by atomic mass is 10.1. The zero-order chi connectivity index (χ0) is 10.6. The summed E-state index contributed by atoms with van der Waals surface area (Å²) in [5, 5.41) is 0. The van der Waals surface area contributed by atoms with Gasteiger partial charge in [0.1, 0.15) is 0 Å². The van der Waals surface area contributed by atoms with E-state index in [1.165, 1.54) is 5.56 Å². The van der Waals surface area contributed by atoms with Gasteiger partial charge in [0.25, 0.3) is 0 Å². The van der Waals surface area contributed by atoms with Gasteiger partial charge in [0.2, 0.25) is 0 Å². The van der Waals surface area contributed by atoms with Crippen LogP contribution in [0.4, 0.5) is 0 Å². The highest BCUT2D eigenvalue weighted by molar-refractivity contribution is 5.73. The van der Waals surface area contributed by atoms with E-state index in [2.05, 4.69) is 6.58 Å². The van der Waals surface area contributed by atoms with Crippen molar-refractivity contribution in [1.82, 2.24) is 0 Å². The molecule has 74 valence electrons. The van der Waals surface area contributed by atoms with Gasteiger partial charge in [-0.3, -0.25) is 4.79 Å². The van der Waals surface area contributed by atoms with Crippen LogP contribution in [0.2, 0.25) is 0 Å². The Morgan fingerprint density at radius 2 is 1.93 bits per heavy atom. The fourth-order valence-electron chi connectivity index (χ4n) is 1.10. The van der Waals surface area contributed by atoms with Crippen molar-refractivity contribution >= 4 is 5.97 Å². The molecule has 0 amide bonds. The van der Waals surface area contributed by atoms with Crippen molar-refractivity contribution in [3.05, 3.63) is 47.7 Å². The number of benzene rings is 1. The number of allylic oxidation sites excluding steroid dienone is 1. The average molecular weight is 190 g/mol. The summed E-state index contributed by atoms with van der Waals surface area (Å²) in [6.45, 7) is 7.18. The number of hydrogen-bond acceptors (Lipinski definition) is 2. The molecule has 1 aromatic carbocycles. The number of hydrogen-bond donors (Lipinski definition) is 0. The lowest BCUT2D eigenvalue weighted by Gasteiger charge is -2.03. The van der Waals surface area contributed by atoms with Gasteiger partial charge >= 0.3 is 5.97 Å². The topological polar surface area (TPSA) is 26.3 Å². The van der Waals surface area contributed by atoms with E-state index >= 15 is 0 Å². The molecule has 0 bridgehead atoms. The van der Waals surface area contributed by atoms with Crippen LogP contribution in [-0.2, 0) is 16.0 Å². The molecule has 0 aliphatic rings. The first-order valence-corrected chi connectivity index (χ1v) is 4.49. The summed E-state index contributed by atoms with van der Waals surface area (Å²) in [5.41, 5.74) is 2.14. The molecule has 0 unspecified atom stereocenters. The third kappa shape index (κ3) is 3.44. The van der Waals surface area contributed by atoms with Crippen LogP contribution in [0.3, 0.4) is 0 Å². The van der Waals surface area contributed by atoms with Crippen molar-refractivity contribution in [2.75, 3.05) is 0 Å². The SMILES string of the molecule is C=C(C)OC(=O)Cc1ccc(C)cc1. The highest BCUT2D eigenvalue weighted by atomic mass is 16.5. The summed E-state index contributed by atoms with van der Waals surface area (Å²) in [6, 6.07) is 7.80. The lowest BCUT2D eigenvalue weighted by molar-refractivity contribution is -0.138. The van der Waals surface area contributed by atoms with Gasteiger partial charge in [-0.05, 0) is 19.4 Å². The second kappa shape index (κ2) is 4.61. The van der Waals surface area contributed by atoms with Gasteiger partial charge < -0.3 is 4.74 Å². The number of carbonyl (C=O) groups is 1. The average Bonchev–Trinajstić information content (AvgIpc) is 2.07. The Bertz CT molecular complexity index is 336. The molecule has 1 rings (SSSR count). The van der Waals surface area contributed by atoms with Crippen LogP contribution in [0.1, 0.15) is 18.1 Å². The summed E-state index contributed by atoms with van der Waals surface area (Å²) in [7, 11) is 0. The summed E-state index contributed by atoms with van der Waals surface area (Å²) in [6.07, 6.45) is 0.299. The third-order valence-corrected chi connectivity index (χ3v) is 1.76. The van der Waals surface area contributed by atoms with Crippen LogP contribution < -0.4 is 0 Å². The predicted molar refractivity (Wildman–Crippen MR) is 55.8 cm³/mol. The number of rotatable bonds is 3. The molecule has 0 saturated heterocycles. The van der Waals surface area contributed by atoms with E-state index in [0.29, 0.717) is 12.2 Å². The Kier molecular flexibility index (Phi) is 3.46. The molecule has 0 heterocycles. The van der Waals surface area contributed by atoms with Gasteiger partial charge in [-0.2, -0.15) is 0 Å². The second-order valence-electron chi connectivity index (χ2n) is 3.34. The minimum absolute atomic E-state index is 0.263. The Hall–Kier alpha value is -1.57. The fourth-order valence-corrected chi connectivity index (χ4v) is 1.10. The molecule has 0 fully saturated rings. The van der Waals surface area contributed by atoms with Gasteiger partial charge in [0, 0.05) is 0 Å². The van der Waals surface area contributed by atoms with E-state index in [4.69, 9.17) is 4.74 Å². The zero-order valence-electron chi connectivity index (χ0n) is 8.54. The molecular weight excluding hydrogens is 176 g/mol. The first kappa shape index (κ1) is 10.5. The first-order chi connectivity index (χ1) is 6.58. The molecule has 0 spiro atoms. The second-order valence-corrected chi connectivity index (χ2v) is 3.34. The normalized spacial score (nSPS) is 9.57. The lowest BCUT2D eigenvalue weighted by Crippen LogP contribution is -2.05. The highest BCUT2D eigenvalue weighted by Gasteiger charge is 2.04. The largest absolute Gasteiger partial charge is 0.432 e. The third-order valence-electron chi connectivity index (χ3n) is 1.76. The van der Waals surface area contributed by atoms with Crippen molar-refractivity contribution in [2.24, 2.45) is 0 Å². The van der Waals surface area contributed by atoms with Crippen LogP contribution >= 0.6 is 0 Å². The Morgan fingerprint density at radius 1 is 1.36 bits per heavy atom. The van der Waals surface area contributed by atoms with E-state index in [1.54, 1.807) is 6.92 Å². The smallest absolute Gasteiger partial charge is 0.315 e. The maximum Gasteiger partial charge on any atom is 0.315 e. The minimum Gasteiger partial charge on any atom is -0.432 e. The van der Waals surface area contributed by atoms with E-state index in [9.17, 15) is 4.79 Å². The van der Waals surface area contributed by atoms with Gasteiger partial charge in [-0.1, -0.05) is 36.4 Å². The molecule has 0 N–H and O–H groups in total. The summed E-state index contributed by atoms with van der Waals surface area (Å²) < 4.78 is 4.85. The Labute approximate surface area is 84.2 Å². The Balaban J connectivity index is 2.56. The van der Waals surface area contributed by atoms with E-state index in [1.807, 2.05) is 31.2 Å². The molecule has 0 radical (unpaired) electrons. The summed E-state index contributed by atoms with van der Waals surface area (Å²) in [5.74, 6) is 0.170. The monoisotopic (exact) mass is 190 g/mol. The van der Waals surface area contributed by atoms with Gasteiger partial charge in [-0.15, -0.1) is 0 Å². The van der Waals surface area contributed by atoms with Crippen LogP contribution in [-0.4, -0.2) is 5.97 Å². The van der Waals surface area contributed by atoms with Gasteiger partial charge in [0.05, 0.1) is 12.2 Å². The van der Waals surface area contributed by atoms with Crippen molar-refractivity contribution in [2.45, 2.75) is 20.3 Å². The Morgan fingerprint density at radius 3 is 2.43 bits per heavy atom.